The molecule has 1 aromatic rings. The number of hydrogen-bond acceptors (Lipinski definition) is 2. The fraction of sp³-hybridized carbons (Fsp3) is 0.167. The molecule has 0 aliphatic heterocycles. The first-order valence-corrected chi connectivity index (χ1v) is 2.53. The Labute approximate surface area is 77.0 Å². The molecule has 0 spiro atoms. The van der Waals surface area contributed by atoms with E-state index >= 15 is 0 Å². The number of pyridine rings is 1. The summed E-state index contributed by atoms with van der Waals surface area (Å²) in [6.07, 6.45) is 1.74. The summed E-state index contributed by atoms with van der Waals surface area (Å²) in [7, 11) is 0. The molecule has 0 bridgehead atoms. The van der Waals surface area contributed by atoms with Gasteiger partial charge in [0.1, 0.15) is 0 Å². The second-order valence-corrected chi connectivity index (χ2v) is 1.53. The molecule has 0 fully saturated rings. The van der Waals surface area contributed by atoms with Gasteiger partial charge in [0.15, 0.2) is 0 Å². The first-order valence-electron chi connectivity index (χ1n) is 2.53. The topological polar surface area (TPSA) is 38.9 Å². The summed E-state index contributed by atoms with van der Waals surface area (Å²) in [4.78, 5) is 3.97. The van der Waals surface area contributed by atoms with E-state index in [4.69, 9.17) is 5.73 Å². The van der Waals surface area contributed by atoms with Crippen LogP contribution in [-0.4, -0.2) is 4.98 Å². The van der Waals surface area contributed by atoms with E-state index in [9.17, 15) is 0 Å². The van der Waals surface area contributed by atoms with Gasteiger partial charge in [-0.3, -0.25) is 4.98 Å². The molecule has 4 heteroatoms. The third kappa shape index (κ3) is 4.06. The van der Waals surface area contributed by atoms with Crippen molar-refractivity contribution in [1.29, 1.82) is 0 Å². The first-order chi connectivity index (χ1) is 3.93. The zero-order valence-corrected chi connectivity index (χ0v) is 8.75. The van der Waals surface area contributed by atoms with Crippen LogP contribution in [0.4, 0.5) is 0 Å². The summed E-state index contributed by atoms with van der Waals surface area (Å²) in [6, 6.07) is 5.70. The third-order valence-electron chi connectivity index (χ3n) is 0.935. The van der Waals surface area contributed by atoms with Crippen molar-refractivity contribution in [3.05, 3.63) is 30.1 Å². The molecule has 1 unspecified atom stereocenters. The van der Waals surface area contributed by atoms with Crippen LogP contribution in [0.15, 0.2) is 24.4 Å². The third-order valence-corrected chi connectivity index (χ3v) is 0.935. The molecule has 0 aliphatic rings. The Hall–Kier alpha value is 0.163. The van der Waals surface area contributed by atoms with Crippen molar-refractivity contribution in [3.63, 3.8) is 0 Å². The van der Waals surface area contributed by atoms with Crippen LogP contribution in [0.25, 0.3) is 0 Å². The number of hydrogen-bond donors (Lipinski definition) is 1. The van der Waals surface area contributed by atoms with Crippen molar-refractivity contribution in [1.82, 2.24) is 4.98 Å². The van der Waals surface area contributed by atoms with Crippen molar-refractivity contribution >= 4 is 9.90 Å². The van der Waals surface area contributed by atoms with Crippen molar-refractivity contribution in [2.24, 2.45) is 5.73 Å². The minimum absolute atomic E-state index is 0. The van der Waals surface area contributed by atoms with E-state index in [-0.39, 0.29) is 29.4 Å². The summed E-state index contributed by atoms with van der Waals surface area (Å²) < 4.78 is 0. The van der Waals surface area contributed by atoms with Crippen molar-refractivity contribution < 1.29 is 19.5 Å². The average Bonchev–Trinajstić information content (AvgIpc) is 1.90. The Morgan fingerprint density at radius 1 is 1.40 bits per heavy atom. The summed E-state index contributed by atoms with van der Waals surface area (Å²) in [6.45, 7) is 0.529. The van der Waals surface area contributed by atoms with Gasteiger partial charge in [0, 0.05) is 12.7 Å². The van der Waals surface area contributed by atoms with E-state index in [1.807, 2.05) is 18.2 Å². The maximum atomic E-state index is 5.29. The van der Waals surface area contributed by atoms with Gasteiger partial charge in [-0.2, -0.15) is 9.90 Å². The molecule has 2 nitrogen and oxygen atoms in total. The largest absolute Gasteiger partial charge is 2.00 e. The zero-order chi connectivity index (χ0) is 5.82. The number of nitrogens with zero attached hydrogens (tertiary/aromatic N) is 1. The molecule has 1 rings (SSSR count). The van der Waals surface area contributed by atoms with Crippen LogP contribution in [0, 0.1) is 0 Å². The Morgan fingerprint density at radius 3 is 2.40 bits per heavy atom. The van der Waals surface area contributed by atoms with E-state index in [1.165, 1.54) is 0 Å². The second kappa shape index (κ2) is 7.27. The van der Waals surface area contributed by atoms with Gasteiger partial charge < -0.3 is 5.73 Å². The van der Waals surface area contributed by atoms with Crippen molar-refractivity contribution in [3.8, 4) is 0 Å². The Morgan fingerprint density at radius 2 is 2.10 bits per heavy atom. The van der Waals surface area contributed by atoms with Crippen molar-refractivity contribution in [2.75, 3.05) is 0 Å². The van der Waals surface area contributed by atoms with Gasteiger partial charge in [-0.05, 0) is 12.1 Å². The second-order valence-electron chi connectivity index (χ2n) is 1.53. The Balaban J connectivity index is 0. The van der Waals surface area contributed by atoms with Crippen LogP contribution in [0.1, 0.15) is 5.69 Å². The monoisotopic (exact) mass is 244 g/mol. The standard InChI is InChI=1S/C6H8N2.H3P.Ru/c7-5-6-3-1-2-4-8-6;;/h1-4H,5,7H2;1H3;/q;;+2. The van der Waals surface area contributed by atoms with E-state index in [0.29, 0.717) is 6.54 Å². The van der Waals surface area contributed by atoms with Crippen LogP contribution >= 0.6 is 9.90 Å². The molecule has 0 aliphatic carbocycles. The molecule has 1 atom stereocenters. The van der Waals surface area contributed by atoms with E-state index < -0.39 is 0 Å². The zero-order valence-electron chi connectivity index (χ0n) is 5.60. The summed E-state index contributed by atoms with van der Waals surface area (Å²) in [5.41, 5.74) is 6.22. The molecule has 0 saturated heterocycles. The van der Waals surface area contributed by atoms with Crippen LogP contribution in [0.3, 0.4) is 0 Å². The van der Waals surface area contributed by atoms with Crippen LogP contribution in [-0.2, 0) is 26.0 Å². The number of nitrogens with two attached hydrogens (primary N) is 1. The van der Waals surface area contributed by atoms with Gasteiger partial charge in [0.05, 0.1) is 5.69 Å². The molecular formula is C6H11N2PRu+2. The quantitative estimate of drug-likeness (QED) is 0.579. The molecule has 56 valence electrons. The predicted molar refractivity (Wildman–Crippen MR) is 43.2 cm³/mol. The summed E-state index contributed by atoms with van der Waals surface area (Å²) in [5, 5.41) is 0. The van der Waals surface area contributed by atoms with Gasteiger partial charge >= 0.3 is 19.5 Å². The van der Waals surface area contributed by atoms with Crippen molar-refractivity contribution in [2.45, 2.75) is 6.54 Å². The van der Waals surface area contributed by atoms with Gasteiger partial charge in [0.2, 0.25) is 0 Å². The van der Waals surface area contributed by atoms with Crippen LogP contribution in [0.5, 0.6) is 0 Å². The Bertz CT molecular complexity index is 157. The molecule has 1 heterocycles. The smallest absolute Gasteiger partial charge is 0.325 e. The van der Waals surface area contributed by atoms with E-state index in [1.54, 1.807) is 6.20 Å². The van der Waals surface area contributed by atoms with E-state index in [0.717, 1.165) is 5.69 Å². The number of rotatable bonds is 1. The van der Waals surface area contributed by atoms with Crippen LogP contribution in [0.2, 0.25) is 0 Å². The predicted octanol–water partition coefficient (Wildman–Crippen LogP) is 0.596. The number of aromatic nitrogens is 1. The molecule has 1 aromatic heterocycles. The fourth-order valence-corrected chi connectivity index (χ4v) is 0.519. The van der Waals surface area contributed by atoms with Gasteiger partial charge in [-0.15, -0.1) is 0 Å². The summed E-state index contributed by atoms with van der Waals surface area (Å²) in [5.74, 6) is 0. The molecule has 0 saturated carbocycles. The molecular weight excluding hydrogens is 232 g/mol. The molecule has 10 heavy (non-hydrogen) atoms. The molecule has 0 radical (unpaired) electrons. The van der Waals surface area contributed by atoms with Crippen LogP contribution < -0.4 is 5.73 Å². The maximum absolute atomic E-state index is 5.29. The normalized spacial score (nSPS) is 7.30. The SMILES string of the molecule is NCc1ccccn1.P.[Ru+2]. The maximum Gasteiger partial charge on any atom is 2.00 e. The van der Waals surface area contributed by atoms with Gasteiger partial charge in [-0.1, -0.05) is 6.07 Å². The minimum atomic E-state index is 0. The van der Waals surface area contributed by atoms with E-state index in [2.05, 4.69) is 4.98 Å². The molecule has 2 N–H and O–H groups in total. The molecule has 0 aromatic carbocycles. The van der Waals surface area contributed by atoms with Gasteiger partial charge in [0.25, 0.3) is 0 Å². The molecule has 0 amide bonds. The summed E-state index contributed by atoms with van der Waals surface area (Å²) >= 11 is 0. The Kier molecular flexibility index (Phi) is 9.31. The van der Waals surface area contributed by atoms with Gasteiger partial charge in [-0.25, -0.2) is 0 Å². The first kappa shape index (κ1) is 12.8. The fourth-order valence-electron chi connectivity index (χ4n) is 0.519. The average molecular weight is 243 g/mol. The minimum Gasteiger partial charge on any atom is -0.325 e.